The minimum absolute atomic E-state index is 0. The van der Waals surface area contributed by atoms with E-state index in [2.05, 4.69) is 155 Å². The molecule has 0 aliphatic carbocycles. The maximum atomic E-state index is 5.57. The summed E-state index contributed by atoms with van der Waals surface area (Å²) in [5.41, 5.74) is 17.6. The molecule has 0 spiro atoms. The van der Waals surface area contributed by atoms with Crippen molar-refractivity contribution in [2.75, 3.05) is 0 Å². The molecular formula is C53H54N4Zn. The second kappa shape index (κ2) is 19.1. The number of fused-ring (bicyclic) bond motifs is 8. The average Bonchev–Trinajstić information content (AvgIpc) is 4.08. The molecule has 0 fully saturated rings. The van der Waals surface area contributed by atoms with E-state index in [-0.39, 0.29) is 19.5 Å². The Kier molecular flexibility index (Phi) is 13.5. The third-order valence-electron chi connectivity index (χ3n) is 11.6. The Morgan fingerprint density at radius 3 is 1.29 bits per heavy atom. The fourth-order valence-corrected chi connectivity index (χ4v) is 8.53. The first-order chi connectivity index (χ1) is 28.0. The minimum Gasteiger partial charge on any atom is -0.657 e. The van der Waals surface area contributed by atoms with Crippen LogP contribution in [0.3, 0.4) is 0 Å². The summed E-state index contributed by atoms with van der Waals surface area (Å²) in [6.07, 6.45) is 21.0. The summed E-state index contributed by atoms with van der Waals surface area (Å²) in [6.45, 7) is 8.87. The van der Waals surface area contributed by atoms with Crippen LogP contribution in [0.5, 0.6) is 0 Å². The summed E-state index contributed by atoms with van der Waals surface area (Å²) in [7, 11) is 0. The van der Waals surface area contributed by atoms with Crippen LogP contribution in [-0.2, 0) is 19.5 Å². The fraction of sp³-hybridized carbons (Fsp3) is 0.283. The quantitative estimate of drug-likeness (QED) is 0.0811. The SMILES string of the molecule is CCCCCCC(CCCCCC)c1c2nc(c(-c3ccc(C)cc3)c3ccc([n-]3)c(-c3ccccc3)c3nc(c(-c4ccc(C)cc4)c4ccc1[n-]4)C=C3)C=C2.[Zn+2]. The number of aromatic nitrogens is 4. The van der Waals surface area contributed by atoms with Crippen molar-refractivity contribution in [3.05, 3.63) is 143 Å². The van der Waals surface area contributed by atoms with Gasteiger partial charge in [0, 0.05) is 0 Å². The third kappa shape index (κ3) is 8.96. The van der Waals surface area contributed by atoms with Crippen molar-refractivity contribution < 1.29 is 19.5 Å². The zero-order valence-corrected chi connectivity index (χ0v) is 37.7. The summed E-state index contributed by atoms with van der Waals surface area (Å²) in [4.78, 5) is 22.0. The van der Waals surface area contributed by atoms with Crippen molar-refractivity contribution in [1.82, 2.24) is 19.9 Å². The fourth-order valence-electron chi connectivity index (χ4n) is 8.53. The Bertz CT molecular complexity index is 2500. The molecule has 0 radical (unpaired) electrons. The van der Waals surface area contributed by atoms with Crippen LogP contribution < -0.4 is 9.97 Å². The molecule has 0 saturated heterocycles. The molecule has 0 atom stereocenters. The van der Waals surface area contributed by atoms with Gasteiger partial charge in [0.05, 0.1) is 22.8 Å². The molecule has 5 heterocycles. The van der Waals surface area contributed by atoms with Crippen molar-refractivity contribution in [1.29, 1.82) is 0 Å². The van der Waals surface area contributed by atoms with E-state index in [1.165, 1.54) is 68.1 Å². The molecular weight excluding hydrogens is 758 g/mol. The Morgan fingerprint density at radius 1 is 0.431 bits per heavy atom. The van der Waals surface area contributed by atoms with E-state index in [0.717, 1.165) is 91.1 Å². The maximum Gasteiger partial charge on any atom is 2.00 e. The number of unbranched alkanes of at least 4 members (excludes halogenated alkanes) is 6. The standard InChI is InChI=1S/C53H54N4.Zn/c1-5-7-9-12-16-38(17-13-10-8-6-2)50-42-28-32-46(54-42)52(40-24-20-36(3)21-25-40)48-34-30-44(56-48)51(39-18-14-11-15-19-39)45-31-35-49(57-45)53(47-33-29-43(50)55-47)41-26-22-37(4)23-27-41;/h11,14-15,18-35,38H,5-10,12-13,16-17H2,1-4H3;/q-2;+2. The maximum absolute atomic E-state index is 5.57. The van der Waals surface area contributed by atoms with E-state index in [0.29, 0.717) is 5.92 Å². The first kappa shape index (κ1) is 41.1. The van der Waals surface area contributed by atoms with Crippen LogP contribution in [-0.4, -0.2) is 9.97 Å². The number of nitrogens with zero attached hydrogens (tertiary/aromatic N) is 4. The molecule has 2 aliphatic heterocycles. The van der Waals surface area contributed by atoms with Gasteiger partial charge in [-0.2, -0.15) is 0 Å². The number of hydrogen-bond donors (Lipinski definition) is 0. The van der Waals surface area contributed by atoms with Crippen LogP contribution >= 0.6 is 0 Å². The first-order valence-corrected chi connectivity index (χ1v) is 21.3. The summed E-state index contributed by atoms with van der Waals surface area (Å²) in [6, 6.07) is 36.9. The van der Waals surface area contributed by atoms with Crippen LogP contribution in [0, 0.1) is 13.8 Å². The van der Waals surface area contributed by atoms with Gasteiger partial charge in [-0.25, -0.2) is 9.97 Å². The molecule has 3 aromatic heterocycles. The smallest absolute Gasteiger partial charge is 0.657 e. The molecule has 288 valence electrons. The Hall–Kier alpha value is -5.12. The molecule has 0 N–H and O–H groups in total. The molecule has 5 heteroatoms. The summed E-state index contributed by atoms with van der Waals surface area (Å²) < 4.78 is 0. The minimum atomic E-state index is 0. The van der Waals surface area contributed by atoms with Crippen LogP contribution in [0.2, 0.25) is 0 Å². The molecule has 2 aliphatic rings. The van der Waals surface area contributed by atoms with Crippen molar-refractivity contribution in [2.24, 2.45) is 0 Å². The topological polar surface area (TPSA) is 54.0 Å². The number of rotatable bonds is 14. The van der Waals surface area contributed by atoms with E-state index >= 15 is 0 Å². The zero-order valence-electron chi connectivity index (χ0n) is 34.8. The van der Waals surface area contributed by atoms with Gasteiger partial charge in [-0.05, 0) is 95.9 Å². The molecule has 6 aromatic rings. The van der Waals surface area contributed by atoms with Gasteiger partial charge in [-0.15, -0.1) is 22.1 Å². The van der Waals surface area contributed by atoms with Gasteiger partial charge < -0.3 is 9.97 Å². The summed E-state index contributed by atoms with van der Waals surface area (Å²) >= 11 is 0. The van der Waals surface area contributed by atoms with E-state index in [9.17, 15) is 0 Å². The van der Waals surface area contributed by atoms with Crippen LogP contribution in [0.4, 0.5) is 0 Å². The van der Waals surface area contributed by atoms with Crippen LogP contribution in [0.25, 0.3) is 79.8 Å². The van der Waals surface area contributed by atoms with Gasteiger partial charge in [-0.3, -0.25) is 0 Å². The van der Waals surface area contributed by atoms with E-state index in [1.807, 2.05) is 0 Å². The molecule has 0 unspecified atom stereocenters. The van der Waals surface area contributed by atoms with E-state index < -0.39 is 0 Å². The molecule has 4 nitrogen and oxygen atoms in total. The molecule has 0 amide bonds. The Labute approximate surface area is 357 Å². The van der Waals surface area contributed by atoms with Crippen LogP contribution in [0.15, 0.2) is 103 Å². The molecule has 3 aromatic carbocycles. The predicted octanol–water partition coefficient (Wildman–Crippen LogP) is 14.6. The van der Waals surface area contributed by atoms with Gasteiger partial charge in [0.1, 0.15) is 0 Å². The largest absolute Gasteiger partial charge is 2.00 e. The molecule has 8 rings (SSSR count). The van der Waals surface area contributed by atoms with Crippen LogP contribution in [0.1, 0.15) is 123 Å². The molecule has 58 heavy (non-hydrogen) atoms. The monoisotopic (exact) mass is 810 g/mol. The van der Waals surface area contributed by atoms with Gasteiger partial charge in [0.2, 0.25) is 0 Å². The Balaban J connectivity index is 0.00000512. The third-order valence-corrected chi connectivity index (χ3v) is 11.6. The number of aryl methyl sites for hydroxylation is 2. The van der Waals surface area contributed by atoms with Gasteiger partial charge in [0.25, 0.3) is 0 Å². The normalized spacial score (nSPS) is 12.0. The first-order valence-electron chi connectivity index (χ1n) is 21.3. The van der Waals surface area contributed by atoms with Crippen molar-refractivity contribution in [3.8, 4) is 33.4 Å². The van der Waals surface area contributed by atoms with Crippen molar-refractivity contribution in [3.63, 3.8) is 0 Å². The number of benzene rings is 3. The average molecular weight is 812 g/mol. The second-order valence-electron chi connectivity index (χ2n) is 15.9. The van der Waals surface area contributed by atoms with Gasteiger partial charge in [-0.1, -0.05) is 179 Å². The van der Waals surface area contributed by atoms with Gasteiger partial charge >= 0.3 is 19.5 Å². The number of hydrogen-bond acceptors (Lipinski definition) is 2. The Morgan fingerprint density at radius 2 is 0.828 bits per heavy atom. The summed E-state index contributed by atoms with van der Waals surface area (Å²) in [5, 5.41) is 0. The molecule has 8 bridgehead atoms. The van der Waals surface area contributed by atoms with Gasteiger partial charge in [0.15, 0.2) is 0 Å². The summed E-state index contributed by atoms with van der Waals surface area (Å²) in [5.74, 6) is 0.351. The predicted molar refractivity (Wildman–Crippen MR) is 243 cm³/mol. The van der Waals surface area contributed by atoms with E-state index in [4.69, 9.17) is 19.9 Å². The van der Waals surface area contributed by atoms with Crippen molar-refractivity contribution in [2.45, 2.75) is 97.8 Å². The van der Waals surface area contributed by atoms with E-state index in [1.54, 1.807) is 0 Å². The van der Waals surface area contributed by atoms with Crippen molar-refractivity contribution >= 4 is 46.4 Å². The molecule has 0 saturated carbocycles. The second-order valence-corrected chi connectivity index (χ2v) is 15.9. The zero-order chi connectivity index (χ0) is 39.1.